The Hall–Kier alpha value is -2.51. The van der Waals surface area contributed by atoms with Crippen LogP contribution in [0.25, 0.3) is 0 Å². The maximum absolute atomic E-state index is 12.6. The molecular weight excluding hydrogens is 374 g/mol. The van der Waals surface area contributed by atoms with E-state index in [4.69, 9.17) is 0 Å². The number of carbonyl (C=O) groups is 1. The molecule has 0 bridgehead atoms. The standard InChI is InChI=1S/C21H27N3O3S/c1-15(2)13-20(24-28(26,27)19-11-7-17(4)8-12-19)21(25)23-22-14-18-9-5-16(3)6-10-18/h5-12,14-15,20,24H,13H2,1-4H3,(H,23,25)/b22-14-/t20-/m1/s1. The average Bonchev–Trinajstić information content (AvgIpc) is 2.62. The molecule has 0 spiro atoms. The second kappa shape index (κ2) is 9.61. The van der Waals surface area contributed by atoms with Gasteiger partial charge in [-0.2, -0.15) is 9.82 Å². The number of hydrogen-bond acceptors (Lipinski definition) is 4. The summed E-state index contributed by atoms with van der Waals surface area (Å²) >= 11 is 0. The van der Waals surface area contributed by atoms with Gasteiger partial charge in [0.15, 0.2) is 0 Å². The van der Waals surface area contributed by atoms with Gasteiger partial charge in [0, 0.05) is 0 Å². The number of nitrogens with one attached hydrogen (secondary N) is 2. The van der Waals surface area contributed by atoms with Crippen molar-refractivity contribution in [2.75, 3.05) is 0 Å². The summed E-state index contributed by atoms with van der Waals surface area (Å²) in [6, 6.07) is 13.2. The van der Waals surface area contributed by atoms with Gasteiger partial charge in [-0.1, -0.05) is 61.4 Å². The third kappa shape index (κ3) is 6.58. The lowest BCUT2D eigenvalue weighted by Crippen LogP contribution is -2.46. The van der Waals surface area contributed by atoms with Crippen molar-refractivity contribution in [2.45, 2.75) is 45.1 Å². The molecule has 0 fully saturated rings. The van der Waals surface area contributed by atoms with E-state index in [0.29, 0.717) is 6.42 Å². The normalized spacial score (nSPS) is 13.0. The Morgan fingerprint density at radius 2 is 1.54 bits per heavy atom. The summed E-state index contributed by atoms with van der Waals surface area (Å²) in [6.07, 6.45) is 1.88. The third-order valence-corrected chi connectivity index (χ3v) is 5.61. The molecule has 0 unspecified atom stereocenters. The number of sulfonamides is 1. The topological polar surface area (TPSA) is 87.6 Å². The van der Waals surface area contributed by atoms with Gasteiger partial charge in [0.1, 0.15) is 6.04 Å². The van der Waals surface area contributed by atoms with Crippen molar-refractivity contribution in [1.29, 1.82) is 0 Å². The lowest BCUT2D eigenvalue weighted by molar-refractivity contribution is -0.123. The van der Waals surface area contributed by atoms with E-state index in [-0.39, 0.29) is 10.8 Å². The van der Waals surface area contributed by atoms with E-state index in [2.05, 4.69) is 15.2 Å². The number of amides is 1. The van der Waals surface area contributed by atoms with Crippen molar-refractivity contribution in [3.05, 3.63) is 65.2 Å². The first kappa shape index (κ1) is 21.8. The molecule has 28 heavy (non-hydrogen) atoms. The number of hydrazone groups is 1. The van der Waals surface area contributed by atoms with Crippen molar-refractivity contribution >= 4 is 22.1 Å². The van der Waals surface area contributed by atoms with Crippen molar-refractivity contribution in [3.8, 4) is 0 Å². The highest BCUT2D eigenvalue weighted by Gasteiger charge is 2.26. The summed E-state index contributed by atoms with van der Waals surface area (Å²) in [4.78, 5) is 12.7. The first-order chi connectivity index (χ1) is 13.2. The zero-order valence-electron chi connectivity index (χ0n) is 16.6. The zero-order valence-corrected chi connectivity index (χ0v) is 17.5. The summed E-state index contributed by atoms with van der Waals surface area (Å²) in [5.41, 5.74) is 5.36. The van der Waals surface area contributed by atoms with Crippen LogP contribution in [0.2, 0.25) is 0 Å². The largest absolute Gasteiger partial charge is 0.271 e. The minimum Gasteiger partial charge on any atom is -0.271 e. The molecular formula is C21H27N3O3S. The number of carbonyl (C=O) groups excluding carboxylic acids is 1. The maximum atomic E-state index is 12.6. The van der Waals surface area contributed by atoms with Gasteiger partial charge < -0.3 is 0 Å². The molecule has 1 atom stereocenters. The first-order valence-corrected chi connectivity index (χ1v) is 10.6. The summed E-state index contributed by atoms with van der Waals surface area (Å²) in [6.45, 7) is 7.72. The fraction of sp³-hybridized carbons (Fsp3) is 0.333. The van der Waals surface area contributed by atoms with Crippen molar-refractivity contribution in [1.82, 2.24) is 10.1 Å². The Morgan fingerprint density at radius 3 is 2.07 bits per heavy atom. The van der Waals surface area contributed by atoms with Crippen molar-refractivity contribution < 1.29 is 13.2 Å². The van der Waals surface area contributed by atoms with E-state index in [1.54, 1.807) is 12.1 Å². The molecule has 0 aliphatic heterocycles. The molecule has 150 valence electrons. The second-order valence-electron chi connectivity index (χ2n) is 7.26. The lowest BCUT2D eigenvalue weighted by Gasteiger charge is -2.19. The van der Waals surface area contributed by atoms with Crippen LogP contribution < -0.4 is 10.1 Å². The maximum Gasteiger partial charge on any atom is 0.258 e. The number of rotatable bonds is 8. The molecule has 2 N–H and O–H groups in total. The Balaban J connectivity index is 2.10. The number of benzene rings is 2. The molecule has 2 aromatic carbocycles. The van der Waals surface area contributed by atoms with Gasteiger partial charge in [0.2, 0.25) is 10.0 Å². The monoisotopic (exact) mass is 401 g/mol. The van der Waals surface area contributed by atoms with Gasteiger partial charge >= 0.3 is 0 Å². The number of aryl methyl sites for hydroxylation is 2. The fourth-order valence-electron chi connectivity index (χ4n) is 2.55. The minimum absolute atomic E-state index is 0.123. The SMILES string of the molecule is Cc1ccc(/C=N\NC(=O)[C@@H](CC(C)C)NS(=O)(=O)c2ccc(C)cc2)cc1. The Morgan fingerprint density at radius 1 is 1.00 bits per heavy atom. The van der Waals surface area contributed by atoms with Crippen LogP contribution >= 0.6 is 0 Å². The van der Waals surface area contributed by atoms with E-state index in [1.165, 1.54) is 18.3 Å². The summed E-state index contributed by atoms with van der Waals surface area (Å²) in [5, 5.41) is 3.95. The van der Waals surface area contributed by atoms with Crippen LogP contribution in [0.5, 0.6) is 0 Å². The molecule has 6 nitrogen and oxygen atoms in total. The van der Waals surface area contributed by atoms with E-state index in [1.807, 2.05) is 52.0 Å². The number of hydrogen-bond donors (Lipinski definition) is 2. The van der Waals surface area contributed by atoms with Gasteiger partial charge in [-0.25, -0.2) is 13.8 Å². The van der Waals surface area contributed by atoms with Gasteiger partial charge in [0.05, 0.1) is 11.1 Å². The molecule has 0 aliphatic carbocycles. The molecule has 0 radical (unpaired) electrons. The minimum atomic E-state index is -3.81. The van der Waals surface area contributed by atoms with Gasteiger partial charge in [-0.15, -0.1) is 0 Å². The van der Waals surface area contributed by atoms with Crippen LogP contribution in [0.1, 0.15) is 37.0 Å². The second-order valence-corrected chi connectivity index (χ2v) is 8.98. The zero-order chi connectivity index (χ0) is 20.7. The van der Waals surface area contributed by atoms with Crippen LogP contribution in [0, 0.1) is 19.8 Å². The molecule has 1 amide bonds. The molecule has 7 heteroatoms. The van der Waals surface area contributed by atoms with Crippen LogP contribution in [0.4, 0.5) is 0 Å². The van der Waals surface area contributed by atoms with E-state index < -0.39 is 22.0 Å². The first-order valence-electron chi connectivity index (χ1n) is 9.16. The highest BCUT2D eigenvalue weighted by Crippen LogP contribution is 2.13. The Kier molecular flexibility index (Phi) is 7.48. The smallest absolute Gasteiger partial charge is 0.258 e. The third-order valence-electron chi connectivity index (χ3n) is 4.12. The summed E-state index contributed by atoms with van der Waals surface area (Å²) < 4.78 is 27.8. The summed E-state index contributed by atoms with van der Waals surface area (Å²) in [7, 11) is -3.81. The predicted molar refractivity (Wildman–Crippen MR) is 112 cm³/mol. The van der Waals surface area contributed by atoms with Gasteiger partial charge in [0.25, 0.3) is 5.91 Å². The van der Waals surface area contributed by atoms with E-state index >= 15 is 0 Å². The van der Waals surface area contributed by atoms with Crippen LogP contribution in [-0.4, -0.2) is 26.6 Å². The summed E-state index contributed by atoms with van der Waals surface area (Å²) in [5.74, 6) is -0.370. The Bertz CT molecular complexity index is 918. The lowest BCUT2D eigenvalue weighted by atomic mass is 10.0. The number of nitrogens with zero attached hydrogens (tertiary/aromatic N) is 1. The molecule has 0 saturated heterocycles. The van der Waals surface area contributed by atoms with Crippen LogP contribution in [0.15, 0.2) is 58.5 Å². The molecule has 2 aromatic rings. The predicted octanol–water partition coefficient (Wildman–Crippen LogP) is 3.15. The van der Waals surface area contributed by atoms with Crippen molar-refractivity contribution in [3.63, 3.8) is 0 Å². The molecule has 0 aromatic heterocycles. The van der Waals surface area contributed by atoms with E-state index in [9.17, 15) is 13.2 Å². The molecule has 2 rings (SSSR count). The van der Waals surface area contributed by atoms with E-state index in [0.717, 1.165) is 16.7 Å². The fourth-order valence-corrected chi connectivity index (χ4v) is 3.76. The highest BCUT2D eigenvalue weighted by molar-refractivity contribution is 7.89. The Labute approximate surface area is 167 Å². The van der Waals surface area contributed by atoms with Crippen LogP contribution in [0.3, 0.4) is 0 Å². The van der Waals surface area contributed by atoms with Gasteiger partial charge in [-0.3, -0.25) is 4.79 Å². The van der Waals surface area contributed by atoms with Crippen LogP contribution in [-0.2, 0) is 14.8 Å². The van der Waals surface area contributed by atoms with Crippen molar-refractivity contribution in [2.24, 2.45) is 11.0 Å². The molecule has 0 saturated carbocycles. The highest BCUT2D eigenvalue weighted by atomic mass is 32.2. The van der Waals surface area contributed by atoms with Gasteiger partial charge in [-0.05, 0) is 43.9 Å². The molecule has 0 aliphatic rings. The quantitative estimate of drug-likeness (QED) is 0.526. The molecule has 0 heterocycles. The average molecular weight is 402 g/mol.